The van der Waals surface area contributed by atoms with Crippen LogP contribution in [-0.4, -0.2) is 62.2 Å². The van der Waals surface area contributed by atoms with Crippen molar-refractivity contribution in [2.24, 2.45) is 10.9 Å². The Bertz CT molecular complexity index is 422. The van der Waals surface area contributed by atoms with Crippen LogP contribution in [-0.2, 0) is 9.53 Å². The molecule has 2 fully saturated rings. The van der Waals surface area contributed by atoms with E-state index in [4.69, 9.17) is 4.74 Å². The highest BCUT2D eigenvalue weighted by Gasteiger charge is 2.31. The molecule has 0 radical (unpaired) electrons. The largest absolute Gasteiger partial charge is 0.382 e. The van der Waals surface area contributed by atoms with Gasteiger partial charge in [-0.05, 0) is 39.5 Å². The number of carbonyl (C=O) groups is 1. The van der Waals surface area contributed by atoms with Gasteiger partial charge in [-0.2, -0.15) is 0 Å². The molecule has 0 aromatic carbocycles. The summed E-state index contributed by atoms with van der Waals surface area (Å²) in [6.45, 7) is 8.87. The van der Waals surface area contributed by atoms with Crippen molar-refractivity contribution in [1.29, 1.82) is 0 Å². The number of rotatable bonds is 8. The summed E-state index contributed by atoms with van der Waals surface area (Å²) in [5.41, 5.74) is 0. The quantitative estimate of drug-likeness (QED) is 0.399. The second kappa shape index (κ2) is 11.3. The third-order valence-electron chi connectivity index (χ3n) is 5.06. The second-order valence-corrected chi connectivity index (χ2v) is 7.06. The van der Waals surface area contributed by atoms with Crippen LogP contribution in [0.1, 0.15) is 58.8 Å². The van der Waals surface area contributed by atoms with Gasteiger partial charge in [0.25, 0.3) is 0 Å². The molecule has 0 spiro atoms. The molecule has 1 unspecified atom stereocenters. The number of carbonyl (C=O) groups excluding carboxylic acids is 1. The maximum Gasteiger partial charge on any atom is 0.225 e. The average Bonchev–Trinajstić information content (AvgIpc) is 3.10. The molecule has 1 amide bonds. The van der Waals surface area contributed by atoms with E-state index in [1.807, 2.05) is 6.92 Å². The first-order valence-corrected chi connectivity index (χ1v) is 10.2. The van der Waals surface area contributed by atoms with E-state index < -0.39 is 0 Å². The summed E-state index contributed by atoms with van der Waals surface area (Å²) in [6, 6.07) is 0.303. The molecule has 144 valence electrons. The summed E-state index contributed by atoms with van der Waals surface area (Å²) in [5.74, 6) is 1.51. The number of nitrogens with zero attached hydrogens (tertiary/aromatic N) is 2. The van der Waals surface area contributed by atoms with Crippen LogP contribution in [0.25, 0.3) is 0 Å². The minimum Gasteiger partial charge on any atom is -0.382 e. The number of likely N-dealkylation sites (tertiary alicyclic amines) is 1. The Labute approximate surface area is 152 Å². The molecule has 2 aliphatic rings. The van der Waals surface area contributed by atoms with E-state index in [1.54, 1.807) is 0 Å². The molecule has 1 saturated heterocycles. The summed E-state index contributed by atoms with van der Waals surface area (Å²) in [6.07, 6.45) is 7.81. The van der Waals surface area contributed by atoms with E-state index in [-0.39, 0.29) is 5.92 Å². The highest BCUT2D eigenvalue weighted by Crippen LogP contribution is 2.26. The molecular formula is C19H36N4O2. The SMILES string of the molecule is CCNC(=NCCCOCC)NC1CCN(C(=O)C2CCCCC2)C1. The molecule has 0 aromatic heterocycles. The van der Waals surface area contributed by atoms with Gasteiger partial charge < -0.3 is 20.3 Å². The molecule has 2 rings (SSSR count). The number of aliphatic imine (C=N–C) groups is 1. The van der Waals surface area contributed by atoms with Gasteiger partial charge >= 0.3 is 0 Å². The van der Waals surface area contributed by atoms with E-state index in [2.05, 4.69) is 27.4 Å². The Morgan fingerprint density at radius 3 is 2.72 bits per heavy atom. The fourth-order valence-corrected chi connectivity index (χ4v) is 3.70. The van der Waals surface area contributed by atoms with E-state index in [1.165, 1.54) is 19.3 Å². The van der Waals surface area contributed by atoms with Crippen LogP contribution in [0.4, 0.5) is 0 Å². The van der Waals surface area contributed by atoms with E-state index in [0.717, 1.165) is 71.0 Å². The topological polar surface area (TPSA) is 66.0 Å². The van der Waals surface area contributed by atoms with Crippen LogP contribution in [0.2, 0.25) is 0 Å². The first-order valence-electron chi connectivity index (χ1n) is 10.2. The van der Waals surface area contributed by atoms with Gasteiger partial charge in [-0.3, -0.25) is 9.79 Å². The lowest BCUT2D eigenvalue weighted by atomic mass is 9.88. The van der Waals surface area contributed by atoms with Crippen molar-refractivity contribution < 1.29 is 9.53 Å². The summed E-state index contributed by atoms with van der Waals surface area (Å²) in [5, 5.41) is 6.80. The lowest BCUT2D eigenvalue weighted by Crippen LogP contribution is -2.45. The van der Waals surface area contributed by atoms with Crippen molar-refractivity contribution in [3.63, 3.8) is 0 Å². The molecule has 6 nitrogen and oxygen atoms in total. The van der Waals surface area contributed by atoms with Gasteiger partial charge in [-0.25, -0.2) is 0 Å². The Balaban J connectivity index is 1.76. The van der Waals surface area contributed by atoms with Crippen molar-refractivity contribution in [2.45, 2.75) is 64.8 Å². The van der Waals surface area contributed by atoms with Crippen LogP contribution >= 0.6 is 0 Å². The van der Waals surface area contributed by atoms with Gasteiger partial charge in [0.05, 0.1) is 0 Å². The lowest BCUT2D eigenvalue weighted by molar-refractivity contribution is -0.135. The molecule has 0 bridgehead atoms. The van der Waals surface area contributed by atoms with Gasteiger partial charge in [0, 0.05) is 51.4 Å². The molecule has 25 heavy (non-hydrogen) atoms. The zero-order valence-electron chi connectivity index (χ0n) is 16.1. The van der Waals surface area contributed by atoms with E-state index in [0.29, 0.717) is 11.9 Å². The summed E-state index contributed by atoms with van der Waals surface area (Å²) in [7, 11) is 0. The summed E-state index contributed by atoms with van der Waals surface area (Å²) in [4.78, 5) is 19.3. The van der Waals surface area contributed by atoms with Crippen molar-refractivity contribution in [2.75, 3.05) is 39.4 Å². The van der Waals surface area contributed by atoms with Gasteiger partial charge in [-0.15, -0.1) is 0 Å². The first kappa shape index (κ1) is 20.0. The predicted molar refractivity (Wildman–Crippen MR) is 102 cm³/mol. The fourth-order valence-electron chi connectivity index (χ4n) is 3.70. The average molecular weight is 353 g/mol. The van der Waals surface area contributed by atoms with Gasteiger partial charge in [-0.1, -0.05) is 19.3 Å². The fraction of sp³-hybridized carbons (Fsp3) is 0.895. The van der Waals surface area contributed by atoms with Crippen molar-refractivity contribution in [1.82, 2.24) is 15.5 Å². The molecule has 6 heteroatoms. The Kier molecular flexibility index (Phi) is 9.08. The summed E-state index contributed by atoms with van der Waals surface area (Å²) < 4.78 is 5.35. The zero-order valence-corrected chi connectivity index (χ0v) is 16.1. The van der Waals surface area contributed by atoms with Crippen LogP contribution < -0.4 is 10.6 Å². The first-order chi connectivity index (χ1) is 12.2. The van der Waals surface area contributed by atoms with E-state index in [9.17, 15) is 4.79 Å². The molecule has 0 aromatic rings. The van der Waals surface area contributed by atoms with Crippen molar-refractivity contribution in [3.05, 3.63) is 0 Å². The number of ether oxygens (including phenoxy) is 1. The maximum absolute atomic E-state index is 12.7. The molecule has 1 heterocycles. The van der Waals surface area contributed by atoms with Crippen LogP contribution in [0.3, 0.4) is 0 Å². The molecule has 1 aliphatic carbocycles. The molecule has 2 N–H and O–H groups in total. The summed E-state index contributed by atoms with van der Waals surface area (Å²) >= 11 is 0. The van der Waals surface area contributed by atoms with Crippen molar-refractivity contribution in [3.8, 4) is 0 Å². The standard InChI is InChI=1S/C19H36N4O2/c1-3-20-19(21-12-8-14-25-4-2)22-17-11-13-23(15-17)18(24)16-9-6-5-7-10-16/h16-17H,3-15H2,1-2H3,(H2,20,21,22). The number of amides is 1. The minimum atomic E-state index is 0.271. The molecule has 1 atom stereocenters. The third-order valence-corrected chi connectivity index (χ3v) is 5.06. The second-order valence-electron chi connectivity index (χ2n) is 7.06. The van der Waals surface area contributed by atoms with Crippen molar-refractivity contribution >= 4 is 11.9 Å². The predicted octanol–water partition coefficient (Wildman–Crippen LogP) is 2.15. The Morgan fingerprint density at radius 2 is 2.00 bits per heavy atom. The zero-order chi connectivity index (χ0) is 17.9. The Morgan fingerprint density at radius 1 is 1.20 bits per heavy atom. The van der Waals surface area contributed by atoms with E-state index >= 15 is 0 Å². The molecular weight excluding hydrogens is 316 g/mol. The van der Waals surface area contributed by atoms with Crippen LogP contribution in [0.5, 0.6) is 0 Å². The normalized spacial score (nSPS) is 22.2. The van der Waals surface area contributed by atoms with Crippen LogP contribution in [0, 0.1) is 5.92 Å². The maximum atomic E-state index is 12.7. The minimum absolute atomic E-state index is 0.271. The third kappa shape index (κ3) is 6.84. The van der Waals surface area contributed by atoms with Gasteiger partial charge in [0.1, 0.15) is 0 Å². The number of hydrogen-bond donors (Lipinski definition) is 2. The highest BCUT2D eigenvalue weighted by atomic mass is 16.5. The van der Waals surface area contributed by atoms with Gasteiger partial charge in [0.2, 0.25) is 5.91 Å². The lowest BCUT2D eigenvalue weighted by Gasteiger charge is -2.26. The Hall–Kier alpha value is -1.30. The molecule has 1 aliphatic heterocycles. The number of guanidine groups is 1. The smallest absolute Gasteiger partial charge is 0.225 e. The highest BCUT2D eigenvalue weighted by molar-refractivity contribution is 5.81. The number of hydrogen-bond acceptors (Lipinski definition) is 3. The number of nitrogens with one attached hydrogen (secondary N) is 2. The van der Waals surface area contributed by atoms with Crippen LogP contribution in [0.15, 0.2) is 4.99 Å². The monoisotopic (exact) mass is 352 g/mol. The van der Waals surface area contributed by atoms with Gasteiger partial charge in [0.15, 0.2) is 5.96 Å². The molecule has 1 saturated carbocycles.